The maximum absolute atomic E-state index is 5.69. The molecule has 0 bridgehead atoms. The van der Waals surface area contributed by atoms with Crippen LogP contribution in [0.4, 0.5) is 0 Å². The minimum Gasteiger partial charge on any atom is -0.354 e. The third-order valence-corrected chi connectivity index (χ3v) is 11.4. The highest BCUT2D eigenvalue weighted by atomic mass is 15.1. The zero-order valence-corrected chi connectivity index (χ0v) is 34.0. The molecule has 0 saturated heterocycles. The van der Waals surface area contributed by atoms with Crippen LogP contribution < -0.4 is 0 Å². The molecule has 1 N–H and O–H groups in total. The lowest BCUT2D eigenvalue weighted by molar-refractivity contribution is 0.413. The van der Waals surface area contributed by atoms with Crippen LogP contribution in [0, 0.1) is 0 Å². The molecule has 3 heterocycles. The van der Waals surface area contributed by atoms with Crippen molar-refractivity contribution in [3.8, 4) is 44.9 Å². The molecule has 9 rings (SSSR count). The smallest absolute Gasteiger partial charge is 0.143 e. The van der Waals surface area contributed by atoms with Crippen LogP contribution in [-0.4, -0.2) is 19.5 Å². The third kappa shape index (κ3) is 6.09. The Kier molecular flexibility index (Phi) is 8.14. The third-order valence-electron chi connectivity index (χ3n) is 11.4. The Morgan fingerprint density at radius 2 is 1.25 bits per heavy atom. The largest absolute Gasteiger partial charge is 0.354 e. The first-order valence-electron chi connectivity index (χ1n) is 19.8. The minimum atomic E-state index is -0.255. The number of pyridine rings is 1. The van der Waals surface area contributed by atoms with Gasteiger partial charge in [0, 0.05) is 44.7 Å². The Labute approximate surface area is 330 Å². The van der Waals surface area contributed by atoms with E-state index in [2.05, 4.69) is 199 Å². The number of nitrogens with one attached hydrogen (secondary N) is 1. The van der Waals surface area contributed by atoms with Gasteiger partial charge in [-0.3, -0.25) is 4.98 Å². The van der Waals surface area contributed by atoms with Crippen molar-refractivity contribution < 1.29 is 0 Å². The Bertz CT molecular complexity index is 2960. The Balaban J connectivity index is 1.31. The summed E-state index contributed by atoms with van der Waals surface area (Å²) in [5, 5.41) is 4.85. The maximum atomic E-state index is 5.69. The van der Waals surface area contributed by atoms with Gasteiger partial charge in [0.15, 0.2) is 0 Å². The summed E-state index contributed by atoms with van der Waals surface area (Å²) in [6.45, 7) is 20.6. The molecule has 278 valence electrons. The normalized spacial score (nSPS) is 12.7. The quantitative estimate of drug-likeness (QED) is 0.196. The zero-order valence-electron chi connectivity index (χ0n) is 34.0. The molecule has 3 aromatic heterocycles. The van der Waals surface area contributed by atoms with Gasteiger partial charge in [0.2, 0.25) is 0 Å². The van der Waals surface area contributed by atoms with Crippen LogP contribution in [0.15, 0.2) is 134 Å². The van der Waals surface area contributed by atoms with E-state index in [9.17, 15) is 0 Å². The molecular formula is C52H50N4. The Morgan fingerprint density at radius 1 is 0.518 bits per heavy atom. The van der Waals surface area contributed by atoms with Crippen molar-refractivity contribution in [2.75, 3.05) is 0 Å². The number of fused-ring (bicyclic) bond motifs is 5. The van der Waals surface area contributed by atoms with Gasteiger partial charge in [-0.2, -0.15) is 0 Å². The molecular weight excluding hydrogens is 681 g/mol. The van der Waals surface area contributed by atoms with Crippen molar-refractivity contribution >= 4 is 43.6 Å². The lowest BCUT2D eigenvalue weighted by Gasteiger charge is -2.26. The number of hydrogen-bond acceptors (Lipinski definition) is 2. The monoisotopic (exact) mass is 730 g/mol. The molecule has 0 fully saturated rings. The second kappa shape index (κ2) is 12.8. The van der Waals surface area contributed by atoms with E-state index in [1.54, 1.807) is 0 Å². The molecule has 0 saturated carbocycles. The fraction of sp³-hybridized carbons (Fsp3) is 0.231. The molecule has 9 aromatic rings. The van der Waals surface area contributed by atoms with Crippen molar-refractivity contribution in [1.82, 2.24) is 19.5 Å². The Morgan fingerprint density at radius 3 is 2.00 bits per heavy atom. The van der Waals surface area contributed by atoms with Crippen LogP contribution in [0.25, 0.3) is 88.5 Å². The fourth-order valence-electron chi connectivity index (χ4n) is 8.33. The number of nitrogens with zero attached hydrogens (tertiary/aromatic N) is 3. The van der Waals surface area contributed by atoms with Gasteiger partial charge in [-0.15, -0.1) is 0 Å². The summed E-state index contributed by atoms with van der Waals surface area (Å²) in [7, 11) is 0. The molecule has 4 heteroatoms. The molecule has 6 aromatic carbocycles. The van der Waals surface area contributed by atoms with E-state index in [0.717, 1.165) is 61.4 Å². The molecule has 0 aliphatic heterocycles. The number of aromatic amines is 1. The number of imidazole rings is 1. The van der Waals surface area contributed by atoms with Crippen molar-refractivity contribution in [2.45, 2.75) is 78.7 Å². The van der Waals surface area contributed by atoms with E-state index in [-0.39, 0.29) is 16.4 Å². The topological polar surface area (TPSA) is 46.5 Å². The van der Waals surface area contributed by atoms with E-state index in [1.165, 1.54) is 38.2 Å². The van der Waals surface area contributed by atoms with Gasteiger partial charge in [0.1, 0.15) is 5.82 Å². The maximum Gasteiger partial charge on any atom is 0.143 e. The van der Waals surface area contributed by atoms with Crippen molar-refractivity contribution in [2.24, 2.45) is 0 Å². The van der Waals surface area contributed by atoms with E-state index in [0.29, 0.717) is 0 Å². The van der Waals surface area contributed by atoms with Gasteiger partial charge < -0.3 is 9.55 Å². The van der Waals surface area contributed by atoms with Crippen LogP contribution in [-0.2, 0) is 16.4 Å². The molecule has 0 radical (unpaired) electrons. The summed E-state index contributed by atoms with van der Waals surface area (Å²) >= 11 is 0. The van der Waals surface area contributed by atoms with Crippen LogP contribution in [0.2, 0.25) is 0 Å². The summed E-state index contributed by atoms with van der Waals surface area (Å²) < 4.78 is 2.45. The summed E-state index contributed by atoms with van der Waals surface area (Å²) in [5.41, 5.74) is 14.5. The predicted octanol–water partition coefficient (Wildman–Crippen LogP) is 14.2. The number of hydrogen-bond donors (Lipinski definition) is 1. The van der Waals surface area contributed by atoms with Gasteiger partial charge >= 0.3 is 0 Å². The van der Waals surface area contributed by atoms with E-state index >= 15 is 0 Å². The van der Waals surface area contributed by atoms with Crippen LogP contribution in [0.5, 0.6) is 0 Å². The zero-order chi connectivity index (χ0) is 39.1. The fourth-order valence-corrected chi connectivity index (χ4v) is 8.33. The highest BCUT2D eigenvalue weighted by Gasteiger charge is 2.28. The first-order valence-corrected chi connectivity index (χ1v) is 19.8. The summed E-state index contributed by atoms with van der Waals surface area (Å²) in [6.07, 6.45) is 1.93. The van der Waals surface area contributed by atoms with Crippen molar-refractivity contribution in [1.29, 1.82) is 0 Å². The van der Waals surface area contributed by atoms with Crippen LogP contribution in [0.1, 0.15) is 73.4 Å². The van der Waals surface area contributed by atoms with Crippen molar-refractivity contribution in [3.63, 3.8) is 0 Å². The molecule has 0 amide bonds. The number of benzene rings is 6. The Hall–Kier alpha value is -6.00. The summed E-state index contributed by atoms with van der Waals surface area (Å²) in [6, 6.07) is 46.5. The van der Waals surface area contributed by atoms with Gasteiger partial charge in [0.05, 0.1) is 22.2 Å². The van der Waals surface area contributed by atoms with Crippen LogP contribution >= 0.6 is 0 Å². The van der Waals surface area contributed by atoms with E-state index in [1.807, 2.05) is 6.20 Å². The highest BCUT2D eigenvalue weighted by Crippen LogP contribution is 2.43. The number of H-pyrrole nitrogens is 1. The molecule has 0 aliphatic rings. The summed E-state index contributed by atoms with van der Waals surface area (Å²) in [4.78, 5) is 14.5. The lowest BCUT2D eigenvalue weighted by atomic mass is 9.84. The second-order valence-electron chi connectivity index (χ2n) is 18.5. The number of aromatic nitrogens is 4. The van der Waals surface area contributed by atoms with E-state index < -0.39 is 0 Å². The first-order chi connectivity index (χ1) is 26.6. The molecule has 4 nitrogen and oxygen atoms in total. The van der Waals surface area contributed by atoms with E-state index in [4.69, 9.17) is 9.97 Å². The molecule has 0 unspecified atom stereocenters. The predicted molar refractivity (Wildman–Crippen MR) is 239 cm³/mol. The van der Waals surface area contributed by atoms with Gasteiger partial charge in [-0.25, -0.2) is 4.98 Å². The average molecular weight is 731 g/mol. The van der Waals surface area contributed by atoms with Crippen molar-refractivity contribution in [3.05, 3.63) is 145 Å². The lowest BCUT2D eigenvalue weighted by Crippen LogP contribution is -2.23. The number of para-hydroxylation sites is 1. The molecule has 56 heavy (non-hydrogen) atoms. The average Bonchev–Trinajstić information content (AvgIpc) is 3.76. The second-order valence-corrected chi connectivity index (χ2v) is 18.5. The van der Waals surface area contributed by atoms with Gasteiger partial charge in [-0.1, -0.05) is 114 Å². The van der Waals surface area contributed by atoms with Crippen LogP contribution in [0.3, 0.4) is 0 Å². The molecule has 0 spiro atoms. The van der Waals surface area contributed by atoms with Gasteiger partial charge in [-0.05, 0) is 125 Å². The molecule has 0 aliphatic carbocycles. The number of rotatable bonds is 4. The minimum absolute atomic E-state index is 0.0439. The molecule has 0 atom stereocenters. The first kappa shape index (κ1) is 35.7. The van der Waals surface area contributed by atoms with Gasteiger partial charge in [0.25, 0.3) is 0 Å². The summed E-state index contributed by atoms with van der Waals surface area (Å²) in [5.74, 6) is 0.969. The SMILES string of the molecule is CC(C)(C)c1ccc2[nH]c3c(-c4nc5c(-c6cc(-c7cc(-c8ccccc8)ccn7)c7ccccc7c6)cccc5n4C(C)(C)C)cc(C(C)(C)C)cc3c2c1. The highest BCUT2D eigenvalue weighted by molar-refractivity contribution is 6.13. The standard InChI is InChI=1S/C52H50N4/c1-50(2,3)36-22-23-44-41(29-36)42-30-37(51(4,5)6)31-43(47(42)54-44)49-55-48-39(20-15-21-46(48)56(49)52(7,8)9)35-26-34-18-13-14-19-38(34)40(27-35)45-28-33(24-25-53-45)32-16-11-10-12-17-32/h10-31,54H,1-9H3.